The number of fused-ring (bicyclic) bond motifs is 1. The van der Waals surface area contributed by atoms with Crippen LogP contribution in [0.2, 0.25) is 0 Å². The molecule has 4 heterocycles. The van der Waals surface area contributed by atoms with Crippen molar-refractivity contribution in [2.45, 2.75) is 37.6 Å². The van der Waals surface area contributed by atoms with Crippen LogP contribution in [-0.4, -0.2) is 79.9 Å². The van der Waals surface area contributed by atoms with Crippen molar-refractivity contribution in [3.63, 3.8) is 0 Å². The molecule has 0 radical (unpaired) electrons. The first-order valence-corrected chi connectivity index (χ1v) is 10.3. The summed E-state index contributed by atoms with van der Waals surface area (Å²) in [5.41, 5.74) is 0.832. The first kappa shape index (κ1) is 22.2. The number of likely N-dealkylation sites (tertiary alicyclic amines) is 2. The summed E-state index contributed by atoms with van der Waals surface area (Å²) in [4.78, 5) is 30.0. The first-order chi connectivity index (χ1) is 14.2. The van der Waals surface area contributed by atoms with Gasteiger partial charge in [-0.1, -0.05) is 0 Å². The maximum atomic E-state index is 12.6. The van der Waals surface area contributed by atoms with Crippen LogP contribution in [0.15, 0.2) is 29.5 Å². The molecular weight excluding hydrogens is 423 g/mol. The molecule has 0 aliphatic carbocycles. The average Bonchev–Trinajstić information content (AvgIpc) is 3.44. The van der Waals surface area contributed by atoms with Crippen molar-refractivity contribution in [1.29, 1.82) is 0 Å². The number of aromatic nitrogens is 3. The predicted octanol–water partition coefficient (Wildman–Crippen LogP) is 2.21. The highest BCUT2D eigenvalue weighted by Crippen LogP contribution is 2.35. The molecule has 2 aromatic rings. The number of rotatable bonds is 3. The van der Waals surface area contributed by atoms with Gasteiger partial charge in [0.05, 0.1) is 12.1 Å². The zero-order valence-electron chi connectivity index (χ0n) is 16.2. The van der Waals surface area contributed by atoms with Gasteiger partial charge < -0.3 is 10.0 Å². The van der Waals surface area contributed by atoms with E-state index in [1.165, 1.54) is 0 Å². The molecule has 2 aromatic heterocycles. The summed E-state index contributed by atoms with van der Waals surface area (Å²) in [7, 11) is 2.21. The molecule has 8 nitrogen and oxygen atoms in total. The zero-order chi connectivity index (χ0) is 21.9. The first-order valence-electron chi connectivity index (χ1n) is 9.32. The fourth-order valence-corrected chi connectivity index (χ4v) is 4.70. The number of thiophene rings is 1. The number of aliphatic carboxylic acids is 1. The number of carboxylic acids is 1. The number of nitrogens with zero attached hydrogens (tertiary/aromatic N) is 5. The van der Waals surface area contributed by atoms with Crippen LogP contribution in [0.5, 0.6) is 0 Å². The van der Waals surface area contributed by atoms with E-state index < -0.39 is 12.1 Å². The van der Waals surface area contributed by atoms with Crippen molar-refractivity contribution in [2.24, 2.45) is 5.92 Å². The molecule has 2 fully saturated rings. The van der Waals surface area contributed by atoms with Gasteiger partial charge in [0.25, 0.3) is 5.91 Å². The van der Waals surface area contributed by atoms with Crippen LogP contribution in [0, 0.1) is 5.92 Å². The molecule has 1 amide bonds. The van der Waals surface area contributed by atoms with Crippen LogP contribution in [0.3, 0.4) is 0 Å². The third-order valence-corrected chi connectivity index (χ3v) is 6.21. The summed E-state index contributed by atoms with van der Waals surface area (Å²) in [5, 5.41) is 15.3. The second kappa shape index (κ2) is 9.13. The molecule has 0 spiro atoms. The monoisotopic (exact) mass is 445 g/mol. The minimum atomic E-state index is -5.08. The topological polar surface area (TPSA) is 91.6 Å². The normalized spacial score (nSPS) is 24.1. The molecule has 0 saturated carbocycles. The Morgan fingerprint density at radius 3 is 2.67 bits per heavy atom. The summed E-state index contributed by atoms with van der Waals surface area (Å²) in [6.07, 6.45) is 0.463. The quantitative estimate of drug-likeness (QED) is 0.779. The number of likely N-dealkylation sites (N-methyl/N-ethyl adjacent to an activating group) is 1. The van der Waals surface area contributed by atoms with E-state index in [0.29, 0.717) is 18.0 Å². The molecule has 1 N–H and O–H groups in total. The van der Waals surface area contributed by atoms with E-state index in [0.717, 1.165) is 38.0 Å². The molecule has 3 atom stereocenters. The Balaban J connectivity index is 0.000000318. The van der Waals surface area contributed by atoms with Crippen molar-refractivity contribution in [3.8, 4) is 0 Å². The van der Waals surface area contributed by atoms with Crippen molar-refractivity contribution in [1.82, 2.24) is 24.6 Å². The van der Waals surface area contributed by atoms with Crippen molar-refractivity contribution < 1.29 is 27.9 Å². The Bertz CT molecular complexity index is 844. The maximum Gasteiger partial charge on any atom is 0.490 e. The van der Waals surface area contributed by atoms with Crippen molar-refractivity contribution >= 4 is 23.2 Å². The number of amides is 1. The third kappa shape index (κ3) is 5.17. The third-order valence-electron chi connectivity index (χ3n) is 5.53. The smallest absolute Gasteiger partial charge is 0.475 e. The minimum Gasteiger partial charge on any atom is -0.475 e. The van der Waals surface area contributed by atoms with E-state index in [1.54, 1.807) is 24.0 Å². The molecule has 0 unspecified atom stereocenters. The summed E-state index contributed by atoms with van der Waals surface area (Å²) < 4.78 is 33.6. The maximum absolute atomic E-state index is 12.6. The van der Waals surface area contributed by atoms with Gasteiger partial charge >= 0.3 is 12.1 Å². The Morgan fingerprint density at radius 1 is 1.37 bits per heavy atom. The van der Waals surface area contributed by atoms with Crippen molar-refractivity contribution in [3.05, 3.63) is 35.0 Å². The zero-order valence-corrected chi connectivity index (χ0v) is 17.0. The van der Waals surface area contributed by atoms with Gasteiger partial charge in [-0.05, 0) is 37.3 Å². The Hall–Kier alpha value is -2.47. The summed E-state index contributed by atoms with van der Waals surface area (Å²) >= 11 is 1.58. The molecule has 164 valence electrons. The van der Waals surface area contributed by atoms with Crippen LogP contribution in [-0.2, 0) is 11.3 Å². The van der Waals surface area contributed by atoms with Gasteiger partial charge in [-0.3, -0.25) is 14.4 Å². The summed E-state index contributed by atoms with van der Waals surface area (Å²) in [6.45, 7) is 2.61. The van der Waals surface area contributed by atoms with E-state index in [4.69, 9.17) is 9.90 Å². The fourth-order valence-electron chi connectivity index (χ4n) is 4.07. The molecule has 12 heteroatoms. The molecule has 2 saturated heterocycles. The van der Waals surface area contributed by atoms with Crippen LogP contribution in [0.1, 0.15) is 23.2 Å². The number of halogens is 3. The van der Waals surface area contributed by atoms with Crippen LogP contribution >= 0.6 is 11.3 Å². The van der Waals surface area contributed by atoms with E-state index in [9.17, 15) is 18.0 Å². The number of piperidine rings is 1. The SMILES string of the molecule is CN1[C@H](Cn2cncn2)C[C@@H]2CN(C(=O)c3ccsc3)CC[C@@H]21.O=C(O)C(F)(F)F. The molecular formula is C18H22F3N5O3S. The van der Waals surface area contributed by atoms with E-state index in [2.05, 4.69) is 22.0 Å². The Morgan fingerprint density at radius 2 is 2.10 bits per heavy atom. The van der Waals surface area contributed by atoms with E-state index in [-0.39, 0.29) is 5.91 Å². The van der Waals surface area contributed by atoms with Crippen LogP contribution in [0.25, 0.3) is 0 Å². The molecule has 4 rings (SSSR count). The lowest BCUT2D eigenvalue weighted by atomic mass is 9.92. The number of carbonyl (C=O) groups is 2. The highest BCUT2D eigenvalue weighted by Gasteiger charge is 2.43. The minimum absolute atomic E-state index is 0.187. The van der Waals surface area contributed by atoms with Gasteiger partial charge in [0.1, 0.15) is 12.7 Å². The molecule has 2 aliphatic heterocycles. The average molecular weight is 445 g/mol. The molecule has 0 bridgehead atoms. The number of alkyl halides is 3. The second-order valence-electron chi connectivity index (χ2n) is 7.35. The molecule has 0 aromatic carbocycles. The predicted molar refractivity (Wildman–Crippen MR) is 102 cm³/mol. The summed E-state index contributed by atoms with van der Waals surface area (Å²) in [6, 6.07) is 2.98. The van der Waals surface area contributed by atoms with E-state index in [1.807, 2.05) is 26.4 Å². The Labute approximate surface area is 174 Å². The van der Waals surface area contributed by atoms with Gasteiger partial charge in [-0.15, -0.1) is 0 Å². The number of carbonyl (C=O) groups excluding carboxylic acids is 1. The lowest BCUT2D eigenvalue weighted by Crippen LogP contribution is -2.47. The second-order valence-corrected chi connectivity index (χ2v) is 8.13. The number of carboxylic acid groups (broad SMARTS) is 1. The van der Waals surface area contributed by atoms with Gasteiger partial charge in [0, 0.05) is 30.6 Å². The van der Waals surface area contributed by atoms with E-state index >= 15 is 0 Å². The number of hydrogen-bond acceptors (Lipinski definition) is 6. The van der Waals surface area contributed by atoms with Gasteiger partial charge in [0.15, 0.2) is 0 Å². The molecule has 30 heavy (non-hydrogen) atoms. The Kier molecular flexibility index (Phi) is 6.76. The standard InChI is InChI=1S/C16H21N5OS.C2HF3O2/c1-19-14(8-21-11-17-10-18-21)6-13-7-20(4-2-15(13)19)16(22)12-3-5-23-9-12;3-2(4,5)1(6)7/h3,5,9-11,13-15H,2,4,6-8H2,1H3;(H,6,7)/t13-,14+,15+;/m1./s1. The van der Waals surface area contributed by atoms with Crippen LogP contribution in [0.4, 0.5) is 13.2 Å². The van der Waals surface area contributed by atoms with Gasteiger partial charge in [-0.2, -0.15) is 29.6 Å². The summed E-state index contributed by atoms with van der Waals surface area (Å²) in [5.74, 6) is -2.01. The van der Waals surface area contributed by atoms with Gasteiger partial charge in [-0.25, -0.2) is 9.78 Å². The number of hydrogen-bond donors (Lipinski definition) is 1. The highest BCUT2D eigenvalue weighted by molar-refractivity contribution is 7.08. The lowest BCUT2D eigenvalue weighted by molar-refractivity contribution is -0.192. The fraction of sp³-hybridized carbons (Fsp3) is 0.556. The molecule has 2 aliphatic rings. The lowest BCUT2D eigenvalue weighted by Gasteiger charge is -2.37. The highest BCUT2D eigenvalue weighted by atomic mass is 32.1. The van der Waals surface area contributed by atoms with Gasteiger partial charge in [0.2, 0.25) is 0 Å². The van der Waals surface area contributed by atoms with Crippen molar-refractivity contribution in [2.75, 3.05) is 20.1 Å². The van der Waals surface area contributed by atoms with Crippen LogP contribution < -0.4 is 0 Å². The largest absolute Gasteiger partial charge is 0.490 e.